The van der Waals surface area contributed by atoms with Crippen molar-refractivity contribution in [2.24, 2.45) is 5.92 Å². The monoisotopic (exact) mass is 507 g/mol. The maximum absolute atomic E-state index is 12.1. The van der Waals surface area contributed by atoms with Crippen molar-refractivity contribution in [1.29, 1.82) is 0 Å². The van der Waals surface area contributed by atoms with Gasteiger partial charge < -0.3 is 34.5 Å². The lowest BCUT2D eigenvalue weighted by Crippen LogP contribution is -2.51. The summed E-state index contributed by atoms with van der Waals surface area (Å²) in [7, 11) is 1.63. The van der Waals surface area contributed by atoms with Gasteiger partial charge in [0, 0.05) is 19.6 Å². The smallest absolute Gasteiger partial charge is 0.305 e. The molecule has 1 spiro atoms. The first-order valence-corrected chi connectivity index (χ1v) is 12.7. The van der Waals surface area contributed by atoms with Crippen LogP contribution < -0.4 is 5.32 Å². The van der Waals surface area contributed by atoms with Crippen LogP contribution in [0.2, 0.25) is 0 Å². The zero-order chi connectivity index (χ0) is 26.5. The fraction of sp³-hybridized carbons (Fsp3) is 0.704. The van der Waals surface area contributed by atoms with Crippen LogP contribution in [0.15, 0.2) is 36.0 Å². The number of hydrogen-bond donors (Lipinski definition) is 3. The normalized spacial score (nSPS) is 37.9. The van der Waals surface area contributed by atoms with Crippen molar-refractivity contribution in [1.82, 2.24) is 5.32 Å². The number of epoxide rings is 1. The second-order valence-corrected chi connectivity index (χ2v) is 10.4. The molecule has 3 fully saturated rings. The van der Waals surface area contributed by atoms with E-state index in [1.165, 1.54) is 12.2 Å². The zero-order valence-corrected chi connectivity index (χ0v) is 21.9. The summed E-state index contributed by atoms with van der Waals surface area (Å²) in [4.78, 5) is 23.3. The first kappa shape index (κ1) is 28.5. The Kier molecular flexibility index (Phi) is 9.88. The van der Waals surface area contributed by atoms with Crippen molar-refractivity contribution in [2.45, 2.75) is 102 Å². The van der Waals surface area contributed by atoms with E-state index in [9.17, 15) is 19.8 Å². The van der Waals surface area contributed by atoms with Gasteiger partial charge in [-0.25, -0.2) is 0 Å². The van der Waals surface area contributed by atoms with Crippen molar-refractivity contribution >= 4 is 11.9 Å². The largest absolute Gasteiger partial charge is 0.481 e. The highest BCUT2D eigenvalue weighted by Crippen LogP contribution is 2.44. The van der Waals surface area contributed by atoms with Crippen LogP contribution in [0.1, 0.15) is 53.4 Å². The summed E-state index contributed by atoms with van der Waals surface area (Å²) in [5.74, 6) is -0.867. The Morgan fingerprint density at radius 2 is 1.97 bits per heavy atom. The Hall–Kier alpha value is -2.04. The predicted molar refractivity (Wildman–Crippen MR) is 133 cm³/mol. The molecule has 0 aromatic carbocycles. The summed E-state index contributed by atoms with van der Waals surface area (Å²) >= 11 is 0. The van der Waals surface area contributed by atoms with Crippen molar-refractivity contribution < 1.29 is 38.7 Å². The van der Waals surface area contributed by atoms with Crippen molar-refractivity contribution in [3.63, 3.8) is 0 Å². The van der Waals surface area contributed by atoms with Gasteiger partial charge in [0.25, 0.3) is 0 Å². The molecule has 0 saturated carbocycles. The van der Waals surface area contributed by atoms with Crippen LogP contribution in [-0.2, 0) is 28.5 Å². The van der Waals surface area contributed by atoms with E-state index in [0.29, 0.717) is 13.0 Å². The van der Waals surface area contributed by atoms with Crippen molar-refractivity contribution in [2.75, 3.05) is 13.7 Å². The minimum Gasteiger partial charge on any atom is -0.481 e. The number of carboxylic acids is 1. The number of carbonyl (C=O) groups excluding carboxylic acids is 1. The van der Waals surface area contributed by atoms with E-state index in [0.717, 1.165) is 18.4 Å². The minimum atomic E-state index is -0.890. The van der Waals surface area contributed by atoms with Crippen LogP contribution in [0, 0.1) is 5.92 Å². The lowest BCUT2D eigenvalue weighted by molar-refractivity contribution is -0.160. The molecule has 9 heteroatoms. The second kappa shape index (κ2) is 12.5. The highest BCUT2D eigenvalue weighted by Gasteiger charge is 2.59. The molecule has 0 radical (unpaired) electrons. The van der Waals surface area contributed by atoms with Gasteiger partial charge in [-0.1, -0.05) is 36.8 Å². The van der Waals surface area contributed by atoms with E-state index in [2.05, 4.69) is 18.3 Å². The average molecular weight is 508 g/mol. The summed E-state index contributed by atoms with van der Waals surface area (Å²) < 4.78 is 23.6. The van der Waals surface area contributed by atoms with Gasteiger partial charge in [0.05, 0.1) is 43.5 Å². The molecule has 3 saturated heterocycles. The topological polar surface area (TPSA) is 127 Å². The third kappa shape index (κ3) is 7.73. The Morgan fingerprint density at radius 3 is 2.58 bits per heavy atom. The molecule has 0 aliphatic carbocycles. The van der Waals surface area contributed by atoms with E-state index in [1.807, 2.05) is 26.0 Å². The number of aliphatic hydroxyl groups is 1. The molecule has 0 aromatic heterocycles. The molecule has 36 heavy (non-hydrogen) atoms. The van der Waals surface area contributed by atoms with Gasteiger partial charge in [0.2, 0.25) is 5.91 Å². The number of carbonyl (C=O) groups is 2. The van der Waals surface area contributed by atoms with E-state index in [1.54, 1.807) is 14.0 Å². The van der Waals surface area contributed by atoms with Gasteiger partial charge in [-0.05, 0) is 39.5 Å². The third-order valence-electron chi connectivity index (χ3n) is 7.20. The van der Waals surface area contributed by atoms with Gasteiger partial charge in [0.15, 0.2) is 0 Å². The van der Waals surface area contributed by atoms with Gasteiger partial charge in [-0.15, -0.1) is 0 Å². The number of aliphatic carboxylic acids is 1. The number of allylic oxidation sites excluding steroid dienone is 2. The van der Waals surface area contributed by atoms with Crippen molar-refractivity contribution in [3.05, 3.63) is 36.0 Å². The summed E-state index contributed by atoms with van der Waals surface area (Å²) in [6.45, 7) is 8.25. The Bertz CT molecular complexity index is 862. The van der Waals surface area contributed by atoms with Crippen LogP contribution in [0.5, 0.6) is 0 Å². The Morgan fingerprint density at radius 1 is 1.25 bits per heavy atom. The fourth-order valence-electron chi connectivity index (χ4n) is 5.11. The number of ether oxygens (including phenoxy) is 4. The van der Waals surface area contributed by atoms with Crippen LogP contribution in [-0.4, -0.2) is 84.1 Å². The van der Waals surface area contributed by atoms with Gasteiger partial charge >= 0.3 is 5.97 Å². The van der Waals surface area contributed by atoms with Crippen LogP contribution in [0.25, 0.3) is 0 Å². The van der Waals surface area contributed by atoms with Gasteiger partial charge in [-0.2, -0.15) is 0 Å². The van der Waals surface area contributed by atoms with E-state index < -0.39 is 29.9 Å². The van der Waals surface area contributed by atoms with Crippen LogP contribution >= 0.6 is 0 Å². The number of rotatable bonds is 10. The van der Waals surface area contributed by atoms with Crippen molar-refractivity contribution in [3.8, 4) is 0 Å². The predicted octanol–water partition coefficient (Wildman–Crippen LogP) is 2.53. The number of hydrogen-bond acceptors (Lipinski definition) is 7. The summed E-state index contributed by atoms with van der Waals surface area (Å²) in [5.41, 5.74) is 0.584. The third-order valence-corrected chi connectivity index (χ3v) is 7.20. The molecule has 0 unspecified atom stereocenters. The molecule has 3 N–H and O–H groups in total. The second-order valence-electron chi connectivity index (χ2n) is 10.4. The number of amides is 1. The maximum Gasteiger partial charge on any atom is 0.305 e. The summed E-state index contributed by atoms with van der Waals surface area (Å²) in [5, 5.41) is 21.5. The van der Waals surface area contributed by atoms with E-state index in [-0.39, 0.29) is 42.6 Å². The standard InChI is InChI=1S/C27H41NO8/c1-16(7-10-23-26(33-5)27(15-34-27)14-20(36-23)13-25(31)32)6-9-22-17(2)12-21(19(4)35-22)28-24(30)11-8-18(3)29/h6-8,10-11,17-23,26,29H,9,12-15H2,1-5H3,(H,28,30)(H,31,32)/b10-7+,11-8-,16-6+/t17-,18-,19+,20+,21+,22-,23+,26+,27+/m0/s1. The highest BCUT2D eigenvalue weighted by atomic mass is 16.6. The summed E-state index contributed by atoms with van der Waals surface area (Å²) in [6.07, 6.45) is 8.99. The van der Waals surface area contributed by atoms with Crippen LogP contribution in [0.3, 0.4) is 0 Å². The molecule has 0 aromatic rings. The molecule has 3 heterocycles. The molecule has 9 atom stereocenters. The SMILES string of the molecule is CO[C@@H]1[C@@H](/C=C/C(C)=C/C[C@@H]2O[C@H](C)[C@H](NC(=O)/C=C\[C@H](C)O)C[C@@H]2C)O[C@H](CC(=O)O)C[C@@]12CO2. The number of carboxylic acid groups (broad SMARTS) is 1. The number of methoxy groups -OCH3 is 1. The average Bonchev–Trinajstić information content (AvgIpc) is 3.56. The first-order valence-electron chi connectivity index (χ1n) is 12.7. The molecule has 3 aliphatic rings. The Labute approximate surface area is 213 Å². The maximum atomic E-state index is 12.1. The molecule has 3 aliphatic heterocycles. The molecule has 1 amide bonds. The van der Waals surface area contributed by atoms with E-state index >= 15 is 0 Å². The number of nitrogens with one attached hydrogen (secondary N) is 1. The molecule has 202 valence electrons. The molecule has 3 rings (SSSR count). The zero-order valence-electron chi connectivity index (χ0n) is 21.9. The lowest BCUT2D eigenvalue weighted by atomic mass is 9.87. The Balaban J connectivity index is 1.55. The summed E-state index contributed by atoms with van der Waals surface area (Å²) in [6, 6.07) is -0.0856. The van der Waals surface area contributed by atoms with E-state index in [4.69, 9.17) is 18.9 Å². The molecule has 9 nitrogen and oxygen atoms in total. The highest BCUT2D eigenvalue weighted by molar-refractivity contribution is 5.87. The van der Waals surface area contributed by atoms with Gasteiger partial charge in [0.1, 0.15) is 17.8 Å². The molecular weight excluding hydrogens is 466 g/mol. The van der Waals surface area contributed by atoms with Crippen LogP contribution in [0.4, 0.5) is 0 Å². The minimum absolute atomic E-state index is 0.0326. The molecular formula is C27H41NO8. The first-order chi connectivity index (χ1) is 17.0. The molecule has 0 bridgehead atoms. The quantitative estimate of drug-likeness (QED) is 0.234. The fourth-order valence-corrected chi connectivity index (χ4v) is 5.11. The lowest BCUT2D eigenvalue weighted by Gasteiger charge is -2.39. The number of aliphatic hydroxyl groups excluding tert-OH is 1. The van der Waals surface area contributed by atoms with Gasteiger partial charge in [-0.3, -0.25) is 9.59 Å².